The number of rotatable bonds is 7. The van der Waals surface area contributed by atoms with E-state index in [0.29, 0.717) is 6.61 Å². The predicted octanol–water partition coefficient (Wildman–Crippen LogP) is 2.12. The molecule has 2 aliphatic rings. The van der Waals surface area contributed by atoms with Gasteiger partial charge in [0.15, 0.2) is 0 Å². The van der Waals surface area contributed by atoms with E-state index >= 15 is 0 Å². The number of aromatic nitrogens is 1. The van der Waals surface area contributed by atoms with Gasteiger partial charge in [0.2, 0.25) is 11.8 Å². The maximum atomic E-state index is 12.3. The average molecular weight is 344 g/mol. The smallest absolute Gasteiger partial charge is 0.307 e. The maximum absolute atomic E-state index is 12.3. The number of fused-ring (bicyclic) bond motifs is 1. The van der Waals surface area contributed by atoms with Crippen LogP contribution in [0.1, 0.15) is 44.1 Å². The Bertz CT molecular complexity index is 608. The lowest BCUT2D eigenvalue weighted by Crippen LogP contribution is -2.33. The van der Waals surface area contributed by atoms with E-state index in [1.165, 1.54) is 4.90 Å². The van der Waals surface area contributed by atoms with E-state index in [2.05, 4.69) is 4.98 Å². The van der Waals surface area contributed by atoms with Gasteiger partial charge in [0.25, 0.3) is 0 Å². The van der Waals surface area contributed by atoms with Crippen LogP contribution in [0, 0.1) is 11.8 Å². The Hall–Kier alpha value is -2.24. The molecular formula is C19H24N2O4. The molecule has 0 spiro atoms. The number of aryl methyl sites for hydroxylation is 1. The van der Waals surface area contributed by atoms with Crippen molar-refractivity contribution in [3.8, 4) is 0 Å². The second-order valence-corrected chi connectivity index (χ2v) is 6.76. The van der Waals surface area contributed by atoms with Gasteiger partial charge in [-0.1, -0.05) is 12.8 Å². The van der Waals surface area contributed by atoms with E-state index in [4.69, 9.17) is 4.74 Å². The Balaban J connectivity index is 1.37. The molecular weight excluding hydrogens is 320 g/mol. The SMILES string of the molecule is O=C(CCN1C(=O)C2CCCCC2C1=O)OCCCc1ccncc1. The molecule has 1 aromatic heterocycles. The highest BCUT2D eigenvalue weighted by atomic mass is 16.5. The molecule has 25 heavy (non-hydrogen) atoms. The molecule has 6 nitrogen and oxygen atoms in total. The van der Waals surface area contributed by atoms with Gasteiger partial charge in [-0.05, 0) is 43.4 Å². The molecule has 6 heteroatoms. The van der Waals surface area contributed by atoms with E-state index in [1.807, 2.05) is 12.1 Å². The predicted molar refractivity (Wildman–Crippen MR) is 90.3 cm³/mol. The summed E-state index contributed by atoms with van der Waals surface area (Å²) in [7, 11) is 0. The number of pyridine rings is 1. The van der Waals surface area contributed by atoms with E-state index in [-0.39, 0.29) is 42.6 Å². The largest absolute Gasteiger partial charge is 0.466 e. The highest BCUT2D eigenvalue weighted by molar-refractivity contribution is 6.05. The zero-order valence-corrected chi connectivity index (χ0v) is 14.4. The number of ether oxygens (including phenoxy) is 1. The van der Waals surface area contributed by atoms with Crippen LogP contribution < -0.4 is 0 Å². The molecule has 1 aliphatic heterocycles. The van der Waals surface area contributed by atoms with Gasteiger partial charge >= 0.3 is 5.97 Å². The first-order valence-corrected chi connectivity index (χ1v) is 9.06. The highest BCUT2D eigenvalue weighted by Gasteiger charge is 2.47. The molecule has 0 N–H and O–H groups in total. The van der Waals surface area contributed by atoms with Crippen molar-refractivity contribution in [2.24, 2.45) is 11.8 Å². The summed E-state index contributed by atoms with van der Waals surface area (Å²) >= 11 is 0. The van der Waals surface area contributed by atoms with Crippen molar-refractivity contribution in [3.05, 3.63) is 30.1 Å². The highest BCUT2D eigenvalue weighted by Crippen LogP contribution is 2.37. The van der Waals surface area contributed by atoms with Crippen LogP contribution in [0.25, 0.3) is 0 Å². The van der Waals surface area contributed by atoms with Gasteiger partial charge in [-0.3, -0.25) is 24.3 Å². The molecule has 0 radical (unpaired) electrons. The van der Waals surface area contributed by atoms with Crippen LogP contribution in [-0.4, -0.2) is 40.8 Å². The summed E-state index contributed by atoms with van der Waals surface area (Å²) < 4.78 is 5.21. The molecule has 3 rings (SSSR count). The van der Waals surface area contributed by atoms with Gasteiger partial charge in [0.05, 0.1) is 24.9 Å². The summed E-state index contributed by atoms with van der Waals surface area (Å²) in [6.07, 6.45) is 8.72. The third-order valence-corrected chi connectivity index (χ3v) is 5.09. The summed E-state index contributed by atoms with van der Waals surface area (Å²) in [6, 6.07) is 3.87. The monoisotopic (exact) mass is 344 g/mol. The number of hydrogen-bond donors (Lipinski definition) is 0. The van der Waals surface area contributed by atoms with Crippen molar-refractivity contribution in [1.82, 2.24) is 9.88 Å². The number of carbonyl (C=O) groups excluding carboxylic acids is 3. The Morgan fingerprint density at radius 2 is 1.76 bits per heavy atom. The fraction of sp³-hybridized carbons (Fsp3) is 0.579. The van der Waals surface area contributed by atoms with Crippen molar-refractivity contribution in [2.75, 3.05) is 13.2 Å². The number of esters is 1. The number of imide groups is 1. The van der Waals surface area contributed by atoms with Gasteiger partial charge in [0, 0.05) is 18.9 Å². The number of hydrogen-bond acceptors (Lipinski definition) is 5. The molecule has 2 heterocycles. The molecule has 1 saturated heterocycles. The molecule has 2 amide bonds. The third-order valence-electron chi connectivity index (χ3n) is 5.09. The number of carbonyl (C=O) groups is 3. The summed E-state index contributed by atoms with van der Waals surface area (Å²) in [5.41, 5.74) is 1.15. The molecule has 1 saturated carbocycles. The van der Waals surface area contributed by atoms with E-state index in [9.17, 15) is 14.4 Å². The number of amides is 2. The van der Waals surface area contributed by atoms with Crippen LogP contribution >= 0.6 is 0 Å². The Morgan fingerprint density at radius 1 is 1.12 bits per heavy atom. The molecule has 0 aromatic carbocycles. The van der Waals surface area contributed by atoms with E-state index in [0.717, 1.165) is 44.1 Å². The van der Waals surface area contributed by atoms with Crippen LogP contribution in [0.15, 0.2) is 24.5 Å². The fourth-order valence-corrected chi connectivity index (χ4v) is 3.74. The van der Waals surface area contributed by atoms with Crippen molar-refractivity contribution >= 4 is 17.8 Å². The zero-order chi connectivity index (χ0) is 17.6. The van der Waals surface area contributed by atoms with Gasteiger partial charge < -0.3 is 4.74 Å². The normalized spacial score (nSPS) is 22.8. The average Bonchev–Trinajstić information content (AvgIpc) is 2.89. The lowest BCUT2D eigenvalue weighted by molar-refractivity contribution is -0.145. The number of likely N-dealkylation sites (tertiary alicyclic amines) is 1. The summed E-state index contributed by atoms with van der Waals surface area (Å²) in [5.74, 6) is -0.860. The Morgan fingerprint density at radius 3 is 2.40 bits per heavy atom. The zero-order valence-electron chi connectivity index (χ0n) is 14.4. The minimum atomic E-state index is -0.356. The van der Waals surface area contributed by atoms with E-state index in [1.54, 1.807) is 12.4 Å². The van der Waals surface area contributed by atoms with Crippen molar-refractivity contribution in [2.45, 2.75) is 44.9 Å². The second-order valence-electron chi connectivity index (χ2n) is 6.76. The van der Waals surface area contributed by atoms with Crippen LogP contribution in [0.4, 0.5) is 0 Å². The number of nitrogens with zero attached hydrogens (tertiary/aromatic N) is 2. The molecule has 1 aromatic rings. The topological polar surface area (TPSA) is 76.6 Å². The maximum Gasteiger partial charge on any atom is 0.307 e. The molecule has 0 bridgehead atoms. The molecule has 134 valence electrons. The lowest BCUT2D eigenvalue weighted by atomic mass is 9.81. The van der Waals surface area contributed by atoms with Gasteiger partial charge in [0.1, 0.15) is 0 Å². The first kappa shape index (κ1) is 17.6. The van der Waals surface area contributed by atoms with Crippen LogP contribution in [0.2, 0.25) is 0 Å². The summed E-state index contributed by atoms with van der Waals surface area (Å²) in [4.78, 5) is 41.7. The molecule has 2 unspecified atom stereocenters. The summed E-state index contributed by atoms with van der Waals surface area (Å²) in [5, 5.41) is 0. The first-order valence-electron chi connectivity index (χ1n) is 9.06. The third kappa shape index (κ3) is 4.24. The lowest BCUT2D eigenvalue weighted by Gasteiger charge is -2.19. The summed E-state index contributed by atoms with van der Waals surface area (Å²) in [6.45, 7) is 0.488. The molecule has 1 aliphatic carbocycles. The second kappa shape index (κ2) is 8.23. The minimum Gasteiger partial charge on any atom is -0.466 e. The molecule has 2 fully saturated rings. The standard InChI is InChI=1S/C19H24N2O4/c22-17(25-13-3-4-14-7-10-20-11-8-14)9-12-21-18(23)15-5-1-2-6-16(15)19(21)24/h7-8,10-11,15-16H,1-6,9,12-13H2. The van der Waals surface area contributed by atoms with Gasteiger partial charge in [-0.25, -0.2) is 0 Å². The van der Waals surface area contributed by atoms with E-state index < -0.39 is 0 Å². The van der Waals surface area contributed by atoms with Crippen molar-refractivity contribution < 1.29 is 19.1 Å². The fourth-order valence-electron chi connectivity index (χ4n) is 3.74. The van der Waals surface area contributed by atoms with Crippen LogP contribution in [-0.2, 0) is 25.5 Å². The molecule has 2 atom stereocenters. The quantitative estimate of drug-likeness (QED) is 0.430. The Kier molecular flexibility index (Phi) is 5.79. The van der Waals surface area contributed by atoms with Crippen molar-refractivity contribution in [1.29, 1.82) is 0 Å². The first-order chi connectivity index (χ1) is 12.2. The Labute approximate surface area is 147 Å². The van der Waals surface area contributed by atoms with Crippen LogP contribution in [0.5, 0.6) is 0 Å². The van der Waals surface area contributed by atoms with Crippen LogP contribution in [0.3, 0.4) is 0 Å². The minimum absolute atomic E-state index is 0.0756. The van der Waals surface area contributed by atoms with Gasteiger partial charge in [-0.2, -0.15) is 0 Å². The van der Waals surface area contributed by atoms with Crippen molar-refractivity contribution in [3.63, 3.8) is 0 Å². The van der Waals surface area contributed by atoms with Gasteiger partial charge in [-0.15, -0.1) is 0 Å².